The van der Waals surface area contributed by atoms with Gasteiger partial charge < -0.3 is 10.2 Å². The monoisotopic (exact) mass is 157 g/mol. The predicted molar refractivity (Wildman–Crippen MR) is 39.9 cm³/mol. The zero-order valence-corrected chi connectivity index (χ0v) is 6.24. The minimum Gasteiger partial charge on any atom is -0.480 e. The van der Waals surface area contributed by atoms with Crippen molar-refractivity contribution in [1.82, 2.24) is 5.32 Å². The topological polar surface area (TPSA) is 69.6 Å². The molecule has 0 saturated heterocycles. The molecule has 4 nitrogen and oxygen atoms in total. The third-order valence-electron chi connectivity index (χ3n) is 1.17. The molecule has 0 aromatic carbocycles. The first-order chi connectivity index (χ1) is 5.09. The van der Waals surface area contributed by atoms with E-state index in [0.717, 1.165) is 0 Å². The number of rotatable bonds is 4. The van der Waals surface area contributed by atoms with Crippen LogP contribution in [0, 0.1) is 12.3 Å². The summed E-state index contributed by atoms with van der Waals surface area (Å²) in [5.74, 6) is 1.12. The van der Waals surface area contributed by atoms with Gasteiger partial charge in [-0.15, -0.1) is 6.42 Å². The molecule has 0 aromatic heterocycles. The molecule has 0 unspecified atom stereocenters. The maximum Gasteiger partial charge on any atom is 0.323 e. The van der Waals surface area contributed by atoms with Gasteiger partial charge in [0.25, 0.3) is 0 Å². The highest BCUT2D eigenvalue weighted by Gasteiger charge is 2.21. The zero-order chi connectivity index (χ0) is 8.85. The maximum atomic E-state index is 10.4. The van der Waals surface area contributed by atoms with Gasteiger partial charge in [0.15, 0.2) is 0 Å². The van der Waals surface area contributed by atoms with Crippen molar-refractivity contribution in [2.75, 3.05) is 6.54 Å². The largest absolute Gasteiger partial charge is 0.480 e. The lowest BCUT2D eigenvalue weighted by atomic mass is 10.2. The number of carboxylic acids is 1. The predicted octanol–water partition coefficient (Wildman–Crippen LogP) is -0.957. The molecule has 0 spiro atoms. The number of aliphatic hydroxyl groups is 1. The summed E-state index contributed by atoms with van der Waals surface area (Å²) in [7, 11) is 0. The summed E-state index contributed by atoms with van der Waals surface area (Å²) in [6.07, 6.45) is 3.95. The van der Waals surface area contributed by atoms with Crippen LogP contribution in [0.15, 0.2) is 0 Å². The van der Waals surface area contributed by atoms with Crippen molar-refractivity contribution < 1.29 is 15.0 Å². The lowest BCUT2D eigenvalue weighted by molar-refractivity contribution is -0.142. The van der Waals surface area contributed by atoms with Gasteiger partial charge in [0.2, 0.25) is 0 Å². The third-order valence-corrected chi connectivity index (χ3v) is 1.17. The Morgan fingerprint density at radius 1 is 1.82 bits per heavy atom. The average molecular weight is 157 g/mol. The highest BCUT2D eigenvalue weighted by molar-refractivity contribution is 5.74. The van der Waals surface area contributed by atoms with Crippen LogP contribution >= 0.6 is 0 Å². The van der Waals surface area contributed by atoms with Crippen molar-refractivity contribution in [3.05, 3.63) is 0 Å². The van der Waals surface area contributed by atoms with Gasteiger partial charge in [-0.25, -0.2) is 0 Å². The Kier molecular flexibility index (Phi) is 4.27. The quantitative estimate of drug-likeness (QED) is 0.460. The zero-order valence-electron chi connectivity index (χ0n) is 6.24. The van der Waals surface area contributed by atoms with Crippen molar-refractivity contribution in [3.8, 4) is 12.3 Å². The molecule has 0 rings (SSSR count). The second kappa shape index (κ2) is 4.72. The van der Waals surface area contributed by atoms with E-state index in [1.807, 2.05) is 0 Å². The molecule has 0 aliphatic rings. The number of carboxylic acid groups (broad SMARTS) is 1. The Hall–Kier alpha value is -1.05. The van der Waals surface area contributed by atoms with E-state index in [-0.39, 0.29) is 6.54 Å². The summed E-state index contributed by atoms with van der Waals surface area (Å²) in [6, 6.07) is -0.981. The van der Waals surface area contributed by atoms with Crippen LogP contribution in [0.1, 0.15) is 6.92 Å². The van der Waals surface area contributed by atoms with Gasteiger partial charge in [-0.1, -0.05) is 5.92 Å². The SMILES string of the molecule is C#CCN[C@H](C(=O)O)[C@@H](C)O. The number of terminal acetylenes is 1. The van der Waals surface area contributed by atoms with Crippen molar-refractivity contribution in [2.45, 2.75) is 19.1 Å². The van der Waals surface area contributed by atoms with Crippen molar-refractivity contribution >= 4 is 5.97 Å². The Morgan fingerprint density at radius 3 is 2.64 bits per heavy atom. The van der Waals surface area contributed by atoms with Crippen molar-refractivity contribution in [2.24, 2.45) is 0 Å². The van der Waals surface area contributed by atoms with Gasteiger partial charge >= 0.3 is 5.97 Å². The van der Waals surface area contributed by atoms with Crippen molar-refractivity contribution in [1.29, 1.82) is 0 Å². The molecule has 0 heterocycles. The van der Waals surface area contributed by atoms with E-state index in [1.54, 1.807) is 0 Å². The van der Waals surface area contributed by atoms with E-state index in [1.165, 1.54) is 6.92 Å². The molecule has 0 amide bonds. The summed E-state index contributed by atoms with van der Waals surface area (Å²) < 4.78 is 0. The Bertz CT molecular complexity index is 171. The van der Waals surface area contributed by atoms with Crippen LogP contribution in [0.25, 0.3) is 0 Å². The minimum absolute atomic E-state index is 0.141. The summed E-state index contributed by atoms with van der Waals surface area (Å²) in [6.45, 7) is 1.53. The van der Waals surface area contributed by atoms with Crippen LogP contribution in [-0.4, -0.2) is 34.9 Å². The summed E-state index contributed by atoms with van der Waals surface area (Å²) in [5, 5.41) is 19.9. The van der Waals surface area contributed by atoms with Gasteiger partial charge in [-0.3, -0.25) is 10.1 Å². The summed E-state index contributed by atoms with van der Waals surface area (Å²) >= 11 is 0. The number of aliphatic carboxylic acids is 1. The van der Waals surface area contributed by atoms with Crippen LogP contribution in [0.4, 0.5) is 0 Å². The molecule has 0 saturated carbocycles. The fraction of sp³-hybridized carbons (Fsp3) is 0.571. The number of aliphatic hydroxyl groups excluding tert-OH is 1. The molecule has 0 aromatic rings. The van der Waals surface area contributed by atoms with Crippen LogP contribution in [0.3, 0.4) is 0 Å². The third kappa shape index (κ3) is 3.61. The smallest absolute Gasteiger partial charge is 0.323 e. The second-order valence-corrected chi connectivity index (χ2v) is 2.14. The Balaban J connectivity index is 3.92. The number of hydrogen-bond donors (Lipinski definition) is 3. The van der Waals surface area contributed by atoms with E-state index in [2.05, 4.69) is 11.2 Å². The van der Waals surface area contributed by atoms with E-state index < -0.39 is 18.1 Å². The first-order valence-corrected chi connectivity index (χ1v) is 3.17. The molecule has 4 heteroatoms. The van der Waals surface area contributed by atoms with Gasteiger partial charge in [-0.2, -0.15) is 0 Å². The Labute approximate surface area is 65.2 Å². The number of hydrogen-bond acceptors (Lipinski definition) is 3. The number of nitrogens with one attached hydrogen (secondary N) is 1. The second-order valence-electron chi connectivity index (χ2n) is 2.14. The van der Waals surface area contributed by atoms with Gasteiger partial charge in [-0.05, 0) is 6.92 Å². The highest BCUT2D eigenvalue weighted by Crippen LogP contribution is 1.91. The lowest BCUT2D eigenvalue weighted by Crippen LogP contribution is -2.44. The molecule has 11 heavy (non-hydrogen) atoms. The highest BCUT2D eigenvalue weighted by atomic mass is 16.4. The molecule has 3 N–H and O–H groups in total. The normalized spacial score (nSPS) is 15.0. The molecular formula is C7H11NO3. The van der Waals surface area contributed by atoms with Gasteiger partial charge in [0.05, 0.1) is 12.6 Å². The summed E-state index contributed by atoms with van der Waals surface area (Å²) in [5.41, 5.74) is 0. The first-order valence-electron chi connectivity index (χ1n) is 3.17. The van der Waals surface area contributed by atoms with E-state index in [4.69, 9.17) is 16.6 Å². The van der Waals surface area contributed by atoms with E-state index >= 15 is 0 Å². The molecule has 0 bridgehead atoms. The molecule has 0 aliphatic heterocycles. The Morgan fingerprint density at radius 2 is 2.36 bits per heavy atom. The molecule has 62 valence electrons. The standard InChI is InChI=1S/C7H11NO3/c1-3-4-8-6(5(2)9)7(10)11/h1,5-6,8-9H,4H2,2H3,(H,10,11)/t5-,6+/m1/s1. The average Bonchev–Trinajstić information content (AvgIpc) is 1.87. The van der Waals surface area contributed by atoms with Crippen molar-refractivity contribution in [3.63, 3.8) is 0 Å². The lowest BCUT2D eigenvalue weighted by Gasteiger charge is -2.14. The van der Waals surface area contributed by atoms with Gasteiger partial charge in [0, 0.05) is 0 Å². The number of carbonyl (C=O) groups is 1. The molecular weight excluding hydrogens is 146 g/mol. The van der Waals surface area contributed by atoms with Gasteiger partial charge in [0.1, 0.15) is 6.04 Å². The molecule has 0 radical (unpaired) electrons. The summed E-state index contributed by atoms with van der Waals surface area (Å²) in [4.78, 5) is 10.4. The van der Waals surface area contributed by atoms with Crippen LogP contribution in [-0.2, 0) is 4.79 Å². The fourth-order valence-corrected chi connectivity index (χ4v) is 0.633. The molecule has 2 atom stereocenters. The van der Waals surface area contributed by atoms with Crippen LogP contribution in [0.2, 0.25) is 0 Å². The minimum atomic E-state index is -1.10. The molecule has 0 fully saturated rings. The first kappa shape index (κ1) is 9.95. The van der Waals surface area contributed by atoms with Crippen LogP contribution < -0.4 is 5.32 Å². The molecule has 0 aliphatic carbocycles. The van der Waals surface area contributed by atoms with Crippen LogP contribution in [0.5, 0.6) is 0 Å². The van der Waals surface area contributed by atoms with E-state index in [0.29, 0.717) is 0 Å². The maximum absolute atomic E-state index is 10.4. The van der Waals surface area contributed by atoms with E-state index in [9.17, 15) is 4.79 Å². The fourth-order valence-electron chi connectivity index (χ4n) is 0.633.